The van der Waals surface area contributed by atoms with Gasteiger partial charge in [0.1, 0.15) is 11.5 Å². The van der Waals surface area contributed by atoms with E-state index >= 15 is 0 Å². The third kappa shape index (κ3) is 3.69. The minimum Gasteiger partial charge on any atom is -0.345 e. The Morgan fingerprint density at radius 2 is 1.97 bits per heavy atom. The second-order valence-corrected chi connectivity index (χ2v) is 7.76. The minimum atomic E-state index is -0.476. The molecule has 9 nitrogen and oxygen atoms in total. The number of carbonyl (C=O) groups excluding carboxylic acids is 2. The van der Waals surface area contributed by atoms with Crippen LogP contribution in [-0.4, -0.2) is 55.0 Å². The molecule has 0 atom stereocenters. The van der Waals surface area contributed by atoms with Crippen molar-refractivity contribution < 1.29 is 9.59 Å². The number of nitrogens with one attached hydrogen (secondary N) is 1. The fourth-order valence-electron chi connectivity index (χ4n) is 3.01. The van der Waals surface area contributed by atoms with Gasteiger partial charge in [0.05, 0.1) is 17.5 Å². The molecule has 0 radical (unpaired) electrons. The van der Waals surface area contributed by atoms with Gasteiger partial charge in [0, 0.05) is 43.6 Å². The number of carbonyl (C=O) groups is 2. The van der Waals surface area contributed by atoms with Gasteiger partial charge in [-0.05, 0) is 18.2 Å². The molecule has 3 heterocycles. The van der Waals surface area contributed by atoms with Crippen LogP contribution in [-0.2, 0) is 7.05 Å². The summed E-state index contributed by atoms with van der Waals surface area (Å²) in [5.74, 6) is -0.0138. The number of benzene rings is 1. The van der Waals surface area contributed by atoms with Crippen LogP contribution in [0.5, 0.6) is 0 Å². The monoisotopic (exact) mass is 467 g/mol. The maximum absolute atomic E-state index is 12.8. The van der Waals surface area contributed by atoms with Crippen LogP contribution in [0.15, 0.2) is 53.4 Å². The van der Waals surface area contributed by atoms with Crippen LogP contribution < -0.4 is 5.32 Å². The van der Waals surface area contributed by atoms with E-state index < -0.39 is 5.91 Å². The number of hydrogen-bond donors (Lipinski definition) is 1. The number of amides is 2. The third-order valence-corrected chi connectivity index (χ3v) is 4.97. The lowest BCUT2D eigenvalue weighted by atomic mass is 10.2. The molecule has 2 amide bonds. The van der Waals surface area contributed by atoms with E-state index in [1.807, 2.05) is 30.5 Å². The van der Waals surface area contributed by atoms with Crippen molar-refractivity contribution in [3.63, 3.8) is 0 Å². The van der Waals surface area contributed by atoms with Crippen molar-refractivity contribution in [2.24, 2.45) is 7.05 Å². The fourth-order valence-corrected chi connectivity index (χ4v) is 3.41. The number of rotatable bonds is 4. The van der Waals surface area contributed by atoms with E-state index in [4.69, 9.17) is 0 Å². The topological polar surface area (TPSA) is 97.4 Å². The molecule has 1 aromatic carbocycles. The molecule has 0 unspecified atom stereocenters. The average molecular weight is 468 g/mol. The fraction of sp³-hybridized carbons (Fsp3) is 0.150. The van der Waals surface area contributed by atoms with Crippen LogP contribution in [0.25, 0.3) is 17.0 Å². The van der Waals surface area contributed by atoms with Crippen LogP contribution in [0.2, 0.25) is 0 Å². The number of nitrogens with zero attached hydrogens (tertiary/aromatic N) is 6. The van der Waals surface area contributed by atoms with Crippen LogP contribution >= 0.6 is 15.9 Å². The molecule has 0 saturated heterocycles. The Labute approximate surface area is 180 Å². The number of hydrogen-bond acceptors (Lipinski definition) is 5. The third-order valence-electron chi connectivity index (χ3n) is 4.48. The van der Waals surface area contributed by atoms with E-state index in [2.05, 4.69) is 36.3 Å². The molecule has 0 fully saturated rings. The molecule has 0 bridgehead atoms. The molecule has 0 aliphatic carbocycles. The van der Waals surface area contributed by atoms with Gasteiger partial charge in [-0.1, -0.05) is 28.1 Å². The molecule has 152 valence electrons. The highest BCUT2D eigenvalue weighted by molar-refractivity contribution is 9.10. The number of fused-ring (bicyclic) bond motifs is 1. The second kappa shape index (κ2) is 7.71. The van der Waals surface area contributed by atoms with E-state index in [1.165, 1.54) is 15.8 Å². The van der Waals surface area contributed by atoms with Crippen molar-refractivity contribution in [1.29, 1.82) is 0 Å². The summed E-state index contributed by atoms with van der Waals surface area (Å²) in [6, 6.07) is 9.47. The largest absolute Gasteiger partial charge is 0.345 e. The zero-order valence-corrected chi connectivity index (χ0v) is 18.1. The predicted octanol–water partition coefficient (Wildman–Crippen LogP) is 2.85. The van der Waals surface area contributed by atoms with Gasteiger partial charge in [0.2, 0.25) is 5.78 Å². The Morgan fingerprint density at radius 1 is 1.17 bits per heavy atom. The van der Waals surface area contributed by atoms with Gasteiger partial charge in [-0.15, -0.1) is 0 Å². The van der Waals surface area contributed by atoms with Crippen LogP contribution in [0.1, 0.15) is 20.8 Å². The summed E-state index contributed by atoms with van der Waals surface area (Å²) in [7, 11) is 4.85. The number of imidazole rings is 1. The molecule has 3 aromatic heterocycles. The van der Waals surface area contributed by atoms with Gasteiger partial charge in [-0.25, -0.2) is 4.98 Å². The Hall–Kier alpha value is -3.53. The molecule has 0 saturated carbocycles. The Morgan fingerprint density at radius 3 is 2.70 bits per heavy atom. The van der Waals surface area contributed by atoms with E-state index in [0.717, 1.165) is 15.7 Å². The summed E-state index contributed by atoms with van der Waals surface area (Å²) in [6.07, 6.45) is 5.01. The molecule has 30 heavy (non-hydrogen) atoms. The van der Waals surface area contributed by atoms with Crippen LogP contribution in [0.3, 0.4) is 0 Å². The first-order valence-corrected chi connectivity index (χ1v) is 9.79. The van der Waals surface area contributed by atoms with E-state index in [0.29, 0.717) is 11.6 Å². The van der Waals surface area contributed by atoms with E-state index in [1.54, 1.807) is 37.8 Å². The smallest absolute Gasteiger partial charge is 0.275 e. The second-order valence-electron chi connectivity index (χ2n) is 6.84. The maximum Gasteiger partial charge on any atom is 0.275 e. The Kier molecular flexibility index (Phi) is 5.08. The van der Waals surface area contributed by atoms with Gasteiger partial charge in [-0.3, -0.25) is 18.7 Å². The number of aryl methyl sites for hydroxylation is 1. The lowest BCUT2D eigenvalue weighted by Gasteiger charge is -2.11. The predicted molar refractivity (Wildman–Crippen MR) is 115 cm³/mol. The molecule has 0 aliphatic rings. The zero-order chi connectivity index (χ0) is 21.4. The van der Waals surface area contributed by atoms with Crippen LogP contribution in [0.4, 0.5) is 5.82 Å². The lowest BCUT2D eigenvalue weighted by Crippen LogP contribution is -2.26. The number of aromatic nitrogens is 5. The zero-order valence-electron chi connectivity index (χ0n) is 16.5. The maximum atomic E-state index is 12.8. The number of halogens is 1. The first-order valence-electron chi connectivity index (χ1n) is 9.00. The normalized spacial score (nSPS) is 10.9. The quantitative estimate of drug-likeness (QED) is 0.497. The summed E-state index contributed by atoms with van der Waals surface area (Å²) in [5.41, 5.74) is 2.09. The van der Waals surface area contributed by atoms with Gasteiger partial charge in [0.15, 0.2) is 0 Å². The molecule has 10 heteroatoms. The SMILES string of the molecule is CN(C)C(=O)c1cnn(C)c1C(=O)Nc1ccn2cc(-c3cccc(Br)c3)nc2n1. The van der Waals surface area contributed by atoms with Crippen molar-refractivity contribution >= 4 is 39.3 Å². The van der Waals surface area contributed by atoms with Gasteiger partial charge in [-0.2, -0.15) is 10.1 Å². The first kappa shape index (κ1) is 19.8. The molecular formula is C20H18BrN7O2. The van der Waals surface area contributed by atoms with Crippen molar-refractivity contribution in [3.05, 3.63) is 64.7 Å². The highest BCUT2D eigenvalue weighted by Gasteiger charge is 2.23. The summed E-state index contributed by atoms with van der Waals surface area (Å²) in [6.45, 7) is 0. The molecule has 1 N–H and O–H groups in total. The van der Waals surface area contributed by atoms with Crippen molar-refractivity contribution in [2.45, 2.75) is 0 Å². The Bertz CT molecular complexity index is 1280. The van der Waals surface area contributed by atoms with E-state index in [9.17, 15) is 9.59 Å². The molecule has 0 spiro atoms. The van der Waals surface area contributed by atoms with Crippen molar-refractivity contribution in [2.75, 3.05) is 19.4 Å². The standard InChI is InChI=1S/C20H18BrN7O2/c1-26(2)19(30)14-10-22-27(3)17(14)18(29)24-16-7-8-28-11-15(23-20(28)25-16)12-5-4-6-13(21)9-12/h4-11H,1-3H3,(H,23,24,25,29). The summed E-state index contributed by atoms with van der Waals surface area (Å²) in [5, 5.41) is 6.77. The van der Waals surface area contributed by atoms with Crippen LogP contribution in [0, 0.1) is 0 Å². The Balaban J connectivity index is 1.63. The average Bonchev–Trinajstić information content (AvgIpc) is 3.30. The summed E-state index contributed by atoms with van der Waals surface area (Å²) >= 11 is 3.46. The molecule has 4 rings (SSSR count). The number of anilines is 1. The highest BCUT2D eigenvalue weighted by atomic mass is 79.9. The van der Waals surface area contributed by atoms with Crippen molar-refractivity contribution in [1.82, 2.24) is 29.0 Å². The van der Waals surface area contributed by atoms with Gasteiger partial charge >= 0.3 is 0 Å². The van der Waals surface area contributed by atoms with Crippen molar-refractivity contribution in [3.8, 4) is 11.3 Å². The molecule has 0 aliphatic heterocycles. The summed E-state index contributed by atoms with van der Waals surface area (Å²) in [4.78, 5) is 35.5. The summed E-state index contributed by atoms with van der Waals surface area (Å²) < 4.78 is 4.10. The highest BCUT2D eigenvalue weighted by Crippen LogP contribution is 2.23. The van der Waals surface area contributed by atoms with Gasteiger partial charge < -0.3 is 10.2 Å². The van der Waals surface area contributed by atoms with Gasteiger partial charge in [0.25, 0.3) is 11.8 Å². The van der Waals surface area contributed by atoms with E-state index in [-0.39, 0.29) is 17.2 Å². The first-order chi connectivity index (χ1) is 14.3. The minimum absolute atomic E-state index is 0.161. The lowest BCUT2D eigenvalue weighted by molar-refractivity contribution is 0.0821. The molecule has 4 aromatic rings. The molecular weight excluding hydrogens is 450 g/mol.